The maximum atomic E-state index is 5.74. The van der Waals surface area contributed by atoms with Crippen molar-refractivity contribution in [1.29, 1.82) is 0 Å². The van der Waals surface area contributed by atoms with E-state index in [0.29, 0.717) is 5.76 Å². The van der Waals surface area contributed by atoms with Crippen molar-refractivity contribution in [3.05, 3.63) is 78.1 Å². The van der Waals surface area contributed by atoms with Crippen molar-refractivity contribution in [2.75, 3.05) is 19.0 Å². The van der Waals surface area contributed by atoms with E-state index in [1.165, 1.54) is 5.69 Å². The Kier molecular flexibility index (Phi) is 4.83. The molecule has 0 aliphatic heterocycles. The van der Waals surface area contributed by atoms with E-state index in [1.807, 2.05) is 57.4 Å². The summed E-state index contributed by atoms with van der Waals surface area (Å²) < 4.78 is 5.74. The number of allylic oxidation sites excluding steroid dienone is 1. The van der Waals surface area contributed by atoms with Gasteiger partial charge in [0.2, 0.25) is 0 Å². The van der Waals surface area contributed by atoms with Gasteiger partial charge in [0.15, 0.2) is 0 Å². The van der Waals surface area contributed by atoms with E-state index >= 15 is 0 Å². The van der Waals surface area contributed by atoms with E-state index in [9.17, 15) is 0 Å². The standard InChI is InChI=1S/C19H21NO/c1-15-7-5-6-8-19(15)21-16(2)9-10-17-11-13-18(14-12-17)20(3)4/h5-14H,2H2,1,3-4H3/b10-9+. The second-order valence-electron chi connectivity index (χ2n) is 5.15. The first-order valence-corrected chi connectivity index (χ1v) is 6.94. The maximum absolute atomic E-state index is 5.74. The molecule has 0 radical (unpaired) electrons. The van der Waals surface area contributed by atoms with Crippen molar-refractivity contribution in [2.24, 2.45) is 0 Å². The Bertz CT molecular complexity index is 639. The van der Waals surface area contributed by atoms with Gasteiger partial charge in [0, 0.05) is 19.8 Å². The van der Waals surface area contributed by atoms with Crippen molar-refractivity contribution < 1.29 is 4.74 Å². The number of benzene rings is 2. The van der Waals surface area contributed by atoms with E-state index in [4.69, 9.17) is 4.74 Å². The van der Waals surface area contributed by atoms with Crippen LogP contribution in [0, 0.1) is 6.92 Å². The number of hydrogen-bond donors (Lipinski definition) is 0. The normalized spacial score (nSPS) is 10.6. The molecule has 0 saturated heterocycles. The minimum Gasteiger partial charge on any atom is -0.458 e. The first-order chi connectivity index (χ1) is 10.1. The fourth-order valence-corrected chi connectivity index (χ4v) is 1.92. The summed E-state index contributed by atoms with van der Waals surface area (Å²) in [6.45, 7) is 5.95. The largest absolute Gasteiger partial charge is 0.458 e. The van der Waals surface area contributed by atoms with Crippen LogP contribution in [0.1, 0.15) is 11.1 Å². The van der Waals surface area contributed by atoms with E-state index < -0.39 is 0 Å². The highest BCUT2D eigenvalue weighted by atomic mass is 16.5. The number of hydrogen-bond acceptors (Lipinski definition) is 2. The molecule has 0 saturated carbocycles. The summed E-state index contributed by atoms with van der Waals surface area (Å²) in [5.74, 6) is 1.47. The van der Waals surface area contributed by atoms with Crippen LogP contribution in [-0.2, 0) is 0 Å². The average Bonchev–Trinajstić information content (AvgIpc) is 2.48. The number of para-hydroxylation sites is 1. The monoisotopic (exact) mass is 279 g/mol. The minimum absolute atomic E-state index is 0.626. The van der Waals surface area contributed by atoms with Gasteiger partial charge in [-0.1, -0.05) is 43.0 Å². The molecule has 2 aromatic carbocycles. The van der Waals surface area contributed by atoms with Gasteiger partial charge in [0.05, 0.1) is 0 Å². The Hall–Kier alpha value is -2.48. The van der Waals surface area contributed by atoms with Crippen molar-refractivity contribution in [3.8, 4) is 5.75 Å². The van der Waals surface area contributed by atoms with Crippen LogP contribution in [0.2, 0.25) is 0 Å². The topological polar surface area (TPSA) is 12.5 Å². The molecule has 0 atom stereocenters. The van der Waals surface area contributed by atoms with E-state index in [2.05, 4.69) is 35.7 Å². The van der Waals surface area contributed by atoms with E-state index in [0.717, 1.165) is 16.9 Å². The maximum Gasteiger partial charge on any atom is 0.130 e. The molecule has 21 heavy (non-hydrogen) atoms. The van der Waals surface area contributed by atoms with Gasteiger partial charge in [0.25, 0.3) is 0 Å². The fourth-order valence-electron chi connectivity index (χ4n) is 1.92. The van der Waals surface area contributed by atoms with Gasteiger partial charge in [-0.2, -0.15) is 0 Å². The van der Waals surface area contributed by atoms with Gasteiger partial charge in [-0.25, -0.2) is 0 Å². The fraction of sp³-hybridized carbons (Fsp3) is 0.158. The minimum atomic E-state index is 0.626. The lowest BCUT2D eigenvalue weighted by Gasteiger charge is -2.11. The van der Waals surface area contributed by atoms with Crippen molar-refractivity contribution in [2.45, 2.75) is 6.92 Å². The Morgan fingerprint density at radius 2 is 1.71 bits per heavy atom. The van der Waals surface area contributed by atoms with Gasteiger partial charge < -0.3 is 9.64 Å². The highest BCUT2D eigenvalue weighted by Gasteiger charge is 1.99. The molecule has 0 bridgehead atoms. The molecule has 0 aliphatic rings. The molecule has 0 amide bonds. The average molecular weight is 279 g/mol. The van der Waals surface area contributed by atoms with Crippen LogP contribution in [0.3, 0.4) is 0 Å². The Morgan fingerprint density at radius 3 is 2.33 bits per heavy atom. The van der Waals surface area contributed by atoms with Gasteiger partial charge in [0.1, 0.15) is 11.5 Å². The second-order valence-corrected chi connectivity index (χ2v) is 5.15. The third kappa shape index (κ3) is 4.25. The van der Waals surface area contributed by atoms with Gasteiger partial charge in [-0.3, -0.25) is 0 Å². The molecule has 0 aromatic heterocycles. The second kappa shape index (κ2) is 6.80. The summed E-state index contributed by atoms with van der Waals surface area (Å²) in [4.78, 5) is 2.08. The number of nitrogens with zero attached hydrogens (tertiary/aromatic N) is 1. The van der Waals surface area contributed by atoms with Crippen LogP contribution in [0.4, 0.5) is 5.69 Å². The van der Waals surface area contributed by atoms with Crippen LogP contribution in [0.25, 0.3) is 6.08 Å². The third-order valence-electron chi connectivity index (χ3n) is 3.21. The lowest BCUT2D eigenvalue weighted by Crippen LogP contribution is -2.07. The van der Waals surface area contributed by atoms with Gasteiger partial charge in [-0.05, 0) is 42.3 Å². The summed E-state index contributed by atoms with van der Waals surface area (Å²) in [5, 5.41) is 0. The van der Waals surface area contributed by atoms with Crippen LogP contribution in [-0.4, -0.2) is 14.1 Å². The van der Waals surface area contributed by atoms with Gasteiger partial charge in [-0.15, -0.1) is 0 Å². The van der Waals surface area contributed by atoms with Crippen LogP contribution in [0.5, 0.6) is 5.75 Å². The summed E-state index contributed by atoms with van der Waals surface area (Å²) in [5.41, 5.74) is 3.40. The van der Waals surface area contributed by atoms with Crippen LogP contribution < -0.4 is 9.64 Å². The molecule has 0 N–H and O–H groups in total. The van der Waals surface area contributed by atoms with Crippen LogP contribution >= 0.6 is 0 Å². The summed E-state index contributed by atoms with van der Waals surface area (Å²) in [6.07, 6.45) is 3.89. The van der Waals surface area contributed by atoms with Crippen molar-refractivity contribution in [3.63, 3.8) is 0 Å². The zero-order chi connectivity index (χ0) is 15.2. The highest BCUT2D eigenvalue weighted by Crippen LogP contribution is 2.19. The molecule has 0 heterocycles. The molecule has 2 aromatic rings. The predicted molar refractivity (Wildman–Crippen MR) is 90.8 cm³/mol. The van der Waals surface area contributed by atoms with E-state index in [-0.39, 0.29) is 0 Å². The highest BCUT2D eigenvalue weighted by molar-refractivity contribution is 5.57. The van der Waals surface area contributed by atoms with E-state index in [1.54, 1.807) is 0 Å². The SMILES string of the molecule is C=C(/C=C/c1ccc(N(C)C)cc1)Oc1ccccc1C. The smallest absolute Gasteiger partial charge is 0.130 e. The summed E-state index contributed by atoms with van der Waals surface area (Å²) in [6, 6.07) is 16.2. The molecular formula is C19H21NO. The number of anilines is 1. The molecule has 2 nitrogen and oxygen atoms in total. The quantitative estimate of drug-likeness (QED) is 0.582. The molecule has 2 rings (SSSR count). The van der Waals surface area contributed by atoms with Crippen molar-refractivity contribution in [1.82, 2.24) is 0 Å². The molecule has 0 unspecified atom stereocenters. The zero-order valence-electron chi connectivity index (χ0n) is 12.8. The van der Waals surface area contributed by atoms with Crippen LogP contribution in [0.15, 0.2) is 66.9 Å². The molecular weight excluding hydrogens is 258 g/mol. The zero-order valence-corrected chi connectivity index (χ0v) is 12.8. The Morgan fingerprint density at radius 1 is 1.05 bits per heavy atom. The number of aryl methyl sites for hydroxylation is 1. The number of rotatable bonds is 5. The summed E-state index contributed by atoms with van der Waals surface area (Å²) in [7, 11) is 4.06. The predicted octanol–water partition coefficient (Wildman–Crippen LogP) is 4.67. The first-order valence-electron chi connectivity index (χ1n) is 6.94. The molecule has 0 fully saturated rings. The molecule has 0 spiro atoms. The Balaban J connectivity index is 2.00. The lowest BCUT2D eigenvalue weighted by molar-refractivity contribution is 0.444. The molecule has 0 aliphatic carbocycles. The Labute approximate surface area is 127 Å². The van der Waals surface area contributed by atoms with Crippen molar-refractivity contribution >= 4 is 11.8 Å². The number of ether oxygens (including phenoxy) is 1. The molecule has 2 heteroatoms. The third-order valence-corrected chi connectivity index (χ3v) is 3.21. The first kappa shape index (κ1) is 14.9. The lowest BCUT2D eigenvalue weighted by atomic mass is 10.2. The summed E-state index contributed by atoms with van der Waals surface area (Å²) >= 11 is 0. The molecule has 108 valence electrons. The van der Waals surface area contributed by atoms with Gasteiger partial charge >= 0.3 is 0 Å².